The molecule has 0 aromatic heterocycles. The van der Waals surface area contributed by atoms with Crippen LogP contribution < -0.4 is 0 Å². The maximum Gasteiger partial charge on any atom is 0.187 e. The molecule has 0 radical (unpaired) electrons. The first kappa shape index (κ1) is 50.3. The van der Waals surface area contributed by atoms with E-state index in [9.17, 15) is 66.4 Å². The molecule has 4 saturated heterocycles. The van der Waals surface area contributed by atoms with E-state index in [4.69, 9.17) is 33.2 Å². The molecule has 4 aliphatic carbocycles. The van der Waals surface area contributed by atoms with Gasteiger partial charge in [-0.15, -0.1) is 0 Å². The van der Waals surface area contributed by atoms with Gasteiger partial charge in [0.1, 0.15) is 73.2 Å². The fourth-order valence-electron chi connectivity index (χ4n) is 13.6. The van der Waals surface area contributed by atoms with Crippen molar-refractivity contribution in [3.05, 3.63) is 11.6 Å². The third-order valence-corrected chi connectivity index (χ3v) is 17.5. The lowest BCUT2D eigenvalue weighted by Gasteiger charge is -2.60. The van der Waals surface area contributed by atoms with E-state index in [1.807, 2.05) is 6.92 Å². The predicted octanol–water partition coefficient (Wildman–Crippen LogP) is -2.89. The van der Waals surface area contributed by atoms with Gasteiger partial charge in [0, 0.05) is 24.2 Å². The summed E-state index contributed by atoms with van der Waals surface area (Å²) >= 11 is 0. The lowest BCUT2D eigenvalue weighted by Crippen LogP contribution is -2.65. The summed E-state index contributed by atoms with van der Waals surface area (Å²) in [5, 5.41) is 137. The molecule has 27 unspecified atom stereocenters. The molecule has 0 aromatic rings. The zero-order valence-corrected chi connectivity index (χ0v) is 37.6. The molecular weight excluding hydrogens is 860 g/mol. The third-order valence-electron chi connectivity index (χ3n) is 17.5. The number of ether oxygens (including phenoxy) is 7. The average molecular weight is 935 g/mol. The molecule has 0 aromatic carbocycles. The van der Waals surface area contributed by atoms with Crippen LogP contribution in [-0.4, -0.2) is 209 Å². The number of aliphatic hydroxyl groups is 13. The van der Waals surface area contributed by atoms with Gasteiger partial charge >= 0.3 is 0 Å². The van der Waals surface area contributed by atoms with Gasteiger partial charge in [-0.05, 0) is 73.5 Å². The molecule has 20 nitrogen and oxygen atoms in total. The molecule has 4 aliphatic heterocycles. The molecule has 374 valence electrons. The Morgan fingerprint density at radius 3 is 1.95 bits per heavy atom. The molecular formula is C45H74O20. The van der Waals surface area contributed by atoms with Gasteiger partial charge in [-0.1, -0.05) is 39.3 Å². The summed E-state index contributed by atoms with van der Waals surface area (Å²) < 4.78 is 41.2. The van der Waals surface area contributed by atoms with E-state index < -0.39 is 135 Å². The molecule has 8 aliphatic rings. The van der Waals surface area contributed by atoms with E-state index in [0.717, 1.165) is 31.3 Å². The Kier molecular flexibility index (Phi) is 14.9. The first-order chi connectivity index (χ1) is 30.7. The fourth-order valence-corrected chi connectivity index (χ4v) is 13.6. The van der Waals surface area contributed by atoms with Crippen molar-refractivity contribution in [2.75, 3.05) is 26.4 Å². The summed E-state index contributed by atoms with van der Waals surface area (Å²) in [6, 6.07) is 0. The Morgan fingerprint density at radius 1 is 0.723 bits per heavy atom. The molecule has 65 heavy (non-hydrogen) atoms. The Labute approximate surface area is 378 Å². The van der Waals surface area contributed by atoms with Crippen LogP contribution in [0.25, 0.3) is 0 Å². The van der Waals surface area contributed by atoms with Gasteiger partial charge in [-0.3, -0.25) is 0 Å². The smallest absolute Gasteiger partial charge is 0.187 e. The monoisotopic (exact) mass is 934 g/mol. The van der Waals surface area contributed by atoms with Gasteiger partial charge in [0.25, 0.3) is 0 Å². The van der Waals surface area contributed by atoms with Crippen LogP contribution in [0.4, 0.5) is 0 Å². The zero-order chi connectivity index (χ0) is 47.1. The van der Waals surface area contributed by atoms with Crippen LogP contribution >= 0.6 is 0 Å². The van der Waals surface area contributed by atoms with Crippen molar-refractivity contribution in [3.8, 4) is 0 Å². The highest BCUT2D eigenvalue weighted by molar-refractivity contribution is 5.28. The van der Waals surface area contributed by atoms with E-state index in [1.54, 1.807) is 0 Å². The maximum atomic E-state index is 12.1. The van der Waals surface area contributed by atoms with Gasteiger partial charge in [0.05, 0.1) is 44.7 Å². The maximum absolute atomic E-state index is 12.1. The second-order valence-corrected chi connectivity index (χ2v) is 21.1. The van der Waals surface area contributed by atoms with E-state index in [2.05, 4.69) is 26.8 Å². The zero-order valence-electron chi connectivity index (χ0n) is 37.6. The number of hydrogen-bond acceptors (Lipinski definition) is 20. The van der Waals surface area contributed by atoms with Gasteiger partial charge in [0.15, 0.2) is 24.7 Å². The fraction of sp³-hybridized carbons (Fsp3) is 0.956. The standard InChI is InChI=1S/C45H74O20/c1-18(17-59-40-36(55)33(52)31(50)26(14-46)61-40)7-10-45(58)19(2)30-25(65-45)13-24-22-6-5-20-11-21(12-29(49)44(20,4)23(22)8-9-43(24,30)3)60-41-38(57)35(54)39(28(16-48)63-41)64-42-37(56)34(53)32(51)27(15-47)62-42/h5,18-19,21-42,46-58H,6-17H2,1-4H3. The first-order valence-electron chi connectivity index (χ1n) is 23.7. The Hall–Kier alpha value is -1.06. The number of aliphatic hydroxyl groups excluding tert-OH is 12. The molecule has 27 atom stereocenters. The Bertz CT molecular complexity index is 1650. The summed E-state index contributed by atoms with van der Waals surface area (Å²) in [5.41, 5.74) is 0.400. The first-order valence-corrected chi connectivity index (χ1v) is 23.7. The summed E-state index contributed by atoms with van der Waals surface area (Å²) in [6.07, 6.45) is -16.8. The van der Waals surface area contributed by atoms with E-state index in [0.29, 0.717) is 25.2 Å². The Morgan fingerprint density at radius 2 is 1.31 bits per heavy atom. The van der Waals surface area contributed by atoms with Crippen LogP contribution in [0, 0.1) is 46.3 Å². The van der Waals surface area contributed by atoms with Crippen LogP contribution in [0.2, 0.25) is 0 Å². The molecule has 20 heteroatoms. The molecule has 13 N–H and O–H groups in total. The van der Waals surface area contributed by atoms with Crippen molar-refractivity contribution in [2.24, 2.45) is 46.3 Å². The molecule has 7 fully saturated rings. The summed E-state index contributed by atoms with van der Waals surface area (Å²) in [4.78, 5) is 0. The van der Waals surface area contributed by atoms with Gasteiger partial charge < -0.3 is 99.5 Å². The van der Waals surface area contributed by atoms with E-state index >= 15 is 0 Å². The summed E-state index contributed by atoms with van der Waals surface area (Å²) in [7, 11) is 0. The van der Waals surface area contributed by atoms with E-state index in [-0.39, 0.29) is 54.1 Å². The minimum Gasteiger partial charge on any atom is -0.394 e. The quantitative estimate of drug-likeness (QED) is 0.0825. The van der Waals surface area contributed by atoms with Crippen molar-refractivity contribution in [2.45, 2.75) is 195 Å². The largest absolute Gasteiger partial charge is 0.394 e. The summed E-state index contributed by atoms with van der Waals surface area (Å²) in [6.45, 7) is 6.69. The third kappa shape index (κ3) is 8.70. The predicted molar refractivity (Wildman–Crippen MR) is 220 cm³/mol. The SMILES string of the molecule is CC(CCC1(O)OC2CC3C4CC=C5CC(OC6OC(CO)C(OC7OC(CO)C(O)C(O)C7O)C(O)C6O)CC(O)C5(C)C4CCC3(C)C2C1C)COC1OC(CO)C(O)C(O)C1O. The second-order valence-electron chi connectivity index (χ2n) is 21.1. The molecule has 4 heterocycles. The van der Waals surface area contributed by atoms with Crippen molar-refractivity contribution in [3.63, 3.8) is 0 Å². The lowest BCUT2D eigenvalue weighted by atomic mass is 9.46. The molecule has 0 spiro atoms. The highest BCUT2D eigenvalue weighted by Crippen LogP contribution is 2.70. The highest BCUT2D eigenvalue weighted by Gasteiger charge is 2.68. The highest BCUT2D eigenvalue weighted by atomic mass is 16.7. The van der Waals surface area contributed by atoms with Crippen molar-refractivity contribution >= 4 is 0 Å². The number of rotatable bonds is 13. The lowest BCUT2D eigenvalue weighted by molar-refractivity contribution is -0.363. The van der Waals surface area contributed by atoms with Crippen LogP contribution in [0.1, 0.15) is 79.1 Å². The van der Waals surface area contributed by atoms with Crippen molar-refractivity contribution < 1.29 is 99.5 Å². The number of fused-ring (bicyclic) bond motifs is 7. The minimum atomic E-state index is -1.78. The second kappa shape index (κ2) is 19.3. The molecule has 8 rings (SSSR count). The number of hydrogen-bond donors (Lipinski definition) is 13. The average Bonchev–Trinajstić information content (AvgIpc) is 3.72. The summed E-state index contributed by atoms with van der Waals surface area (Å²) in [5.74, 6) is -0.725. The Balaban J connectivity index is 0.868. The van der Waals surface area contributed by atoms with Gasteiger partial charge in [-0.2, -0.15) is 0 Å². The van der Waals surface area contributed by atoms with Gasteiger partial charge in [0.2, 0.25) is 0 Å². The van der Waals surface area contributed by atoms with E-state index in [1.165, 1.54) is 0 Å². The van der Waals surface area contributed by atoms with Crippen LogP contribution in [0.15, 0.2) is 11.6 Å². The molecule has 3 saturated carbocycles. The van der Waals surface area contributed by atoms with Crippen molar-refractivity contribution in [1.82, 2.24) is 0 Å². The van der Waals surface area contributed by atoms with Crippen LogP contribution in [0.5, 0.6) is 0 Å². The molecule has 0 bridgehead atoms. The van der Waals surface area contributed by atoms with Crippen LogP contribution in [-0.2, 0) is 33.2 Å². The van der Waals surface area contributed by atoms with Crippen molar-refractivity contribution in [1.29, 1.82) is 0 Å². The van der Waals surface area contributed by atoms with Gasteiger partial charge in [-0.25, -0.2) is 0 Å². The van der Waals surface area contributed by atoms with Crippen LogP contribution in [0.3, 0.4) is 0 Å². The normalized spacial score (nSPS) is 54.8. The number of allylic oxidation sites excluding steroid dienone is 1. The minimum absolute atomic E-state index is 0.0818. The topological polar surface area (TPSA) is 328 Å². The molecule has 0 amide bonds.